The van der Waals surface area contributed by atoms with E-state index in [0.29, 0.717) is 12.5 Å². The Labute approximate surface area is 139 Å². The Balaban J connectivity index is 1.57. The number of piperidine rings is 1. The summed E-state index contributed by atoms with van der Waals surface area (Å²) < 4.78 is 5.50. The van der Waals surface area contributed by atoms with Gasteiger partial charge in [0, 0.05) is 26.2 Å². The van der Waals surface area contributed by atoms with Crippen LogP contribution >= 0.6 is 0 Å². The molecule has 4 heteroatoms. The zero-order chi connectivity index (χ0) is 16.3. The molecule has 0 bridgehead atoms. The molecule has 1 fully saturated rings. The van der Waals surface area contributed by atoms with Crippen LogP contribution in [0.2, 0.25) is 0 Å². The molecule has 2 amide bonds. The van der Waals surface area contributed by atoms with E-state index < -0.39 is 0 Å². The van der Waals surface area contributed by atoms with Crippen LogP contribution in [-0.4, -0.2) is 43.8 Å². The summed E-state index contributed by atoms with van der Waals surface area (Å²) in [5.74, 6) is 0.567. The molecule has 4 nitrogen and oxygen atoms in total. The molecular formula is C19H28N2O2. The summed E-state index contributed by atoms with van der Waals surface area (Å²) in [6, 6.07) is 10.5. The Hall–Kier alpha value is -1.81. The van der Waals surface area contributed by atoms with Crippen molar-refractivity contribution in [3.05, 3.63) is 48.6 Å². The van der Waals surface area contributed by atoms with E-state index in [0.717, 1.165) is 51.9 Å². The fourth-order valence-electron chi connectivity index (χ4n) is 2.87. The van der Waals surface area contributed by atoms with Gasteiger partial charge in [-0.1, -0.05) is 36.4 Å². The summed E-state index contributed by atoms with van der Waals surface area (Å²) in [5, 5.41) is 3.03. The van der Waals surface area contributed by atoms with Crippen LogP contribution in [0.3, 0.4) is 0 Å². The predicted octanol–water partition coefficient (Wildman–Crippen LogP) is 3.24. The minimum absolute atomic E-state index is 0.0727. The molecular weight excluding hydrogens is 288 g/mol. The molecule has 0 spiro atoms. The standard InChI is InChI=1S/C19H28N2O2/c1-2-15-23-16-18-10-13-21(14-11-18)19(22)20-12-6-9-17-7-4-3-5-8-17/h2-5,7-8,18H,1,6,9-16H2,(H,20,22). The molecule has 23 heavy (non-hydrogen) atoms. The highest BCUT2D eigenvalue weighted by atomic mass is 16.5. The SMILES string of the molecule is C=CCOCC1CCN(C(=O)NCCCc2ccccc2)CC1. The first-order chi connectivity index (χ1) is 11.3. The van der Waals surface area contributed by atoms with Crippen LogP contribution in [0.15, 0.2) is 43.0 Å². The van der Waals surface area contributed by atoms with Crippen molar-refractivity contribution in [2.75, 3.05) is 32.8 Å². The van der Waals surface area contributed by atoms with Crippen LogP contribution in [0.25, 0.3) is 0 Å². The third-order valence-electron chi connectivity index (χ3n) is 4.25. The first-order valence-electron chi connectivity index (χ1n) is 8.55. The molecule has 1 aliphatic heterocycles. The Morgan fingerprint density at radius 2 is 2.04 bits per heavy atom. The number of carbonyl (C=O) groups excluding carboxylic acids is 1. The summed E-state index contributed by atoms with van der Waals surface area (Å²) in [6.45, 7) is 7.42. The molecule has 0 aliphatic carbocycles. The van der Waals surface area contributed by atoms with E-state index in [1.165, 1.54) is 5.56 Å². The van der Waals surface area contributed by atoms with E-state index in [1.807, 2.05) is 11.0 Å². The van der Waals surface area contributed by atoms with Crippen LogP contribution in [0.5, 0.6) is 0 Å². The van der Waals surface area contributed by atoms with Crippen LogP contribution in [0.1, 0.15) is 24.8 Å². The molecule has 2 rings (SSSR count). The average Bonchev–Trinajstić information content (AvgIpc) is 2.60. The maximum atomic E-state index is 12.1. The summed E-state index contributed by atoms with van der Waals surface area (Å²) in [5.41, 5.74) is 1.32. The van der Waals surface area contributed by atoms with E-state index in [2.05, 4.69) is 36.2 Å². The third kappa shape index (κ3) is 6.45. The summed E-state index contributed by atoms with van der Waals surface area (Å²) in [6.07, 6.45) is 5.80. The van der Waals surface area contributed by atoms with Gasteiger partial charge in [0.15, 0.2) is 0 Å². The van der Waals surface area contributed by atoms with Gasteiger partial charge in [-0.2, -0.15) is 0 Å². The van der Waals surface area contributed by atoms with E-state index in [4.69, 9.17) is 4.74 Å². The highest BCUT2D eigenvalue weighted by Crippen LogP contribution is 2.17. The number of carbonyl (C=O) groups is 1. The van der Waals surface area contributed by atoms with E-state index in [9.17, 15) is 4.79 Å². The van der Waals surface area contributed by atoms with Gasteiger partial charge in [-0.05, 0) is 37.2 Å². The van der Waals surface area contributed by atoms with Crippen molar-refractivity contribution in [3.8, 4) is 0 Å². The van der Waals surface area contributed by atoms with E-state index >= 15 is 0 Å². The zero-order valence-electron chi connectivity index (χ0n) is 13.9. The first-order valence-corrected chi connectivity index (χ1v) is 8.55. The Morgan fingerprint density at radius 3 is 2.74 bits per heavy atom. The first kappa shape index (κ1) is 17.5. The van der Waals surface area contributed by atoms with Crippen molar-refractivity contribution >= 4 is 6.03 Å². The topological polar surface area (TPSA) is 41.6 Å². The number of nitrogens with zero attached hydrogens (tertiary/aromatic N) is 1. The summed E-state index contributed by atoms with van der Waals surface area (Å²) in [7, 11) is 0. The van der Waals surface area contributed by atoms with E-state index in [-0.39, 0.29) is 6.03 Å². The maximum Gasteiger partial charge on any atom is 0.317 e. The van der Waals surface area contributed by atoms with Gasteiger partial charge in [0.2, 0.25) is 0 Å². The number of amides is 2. The minimum atomic E-state index is 0.0727. The molecule has 1 aliphatic rings. The molecule has 1 heterocycles. The lowest BCUT2D eigenvalue weighted by Gasteiger charge is -2.31. The van der Waals surface area contributed by atoms with Gasteiger partial charge in [-0.3, -0.25) is 0 Å². The second kappa shape index (κ2) is 10.1. The number of ether oxygens (including phenoxy) is 1. The van der Waals surface area contributed by atoms with Crippen molar-refractivity contribution in [3.63, 3.8) is 0 Å². The van der Waals surface area contributed by atoms with Crippen LogP contribution in [0.4, 0.5) is 4.79 Å². The van der Waals surface area contributed by atoms with Crippen LogP contribution in [-0.2, 0) is 11.2 Å². The Kier molecular flexibility index (Phi) is 7.67. The zero-order valence-corrected chi connectivity index (χ0v) is 13.9. The molecule has 0 saturated carbocycles. The number of hydrogen-bond donors (Lipinski definition) is 1. The summed E-state index contributed by atoms with van der Waals surface area (Å²) in [4.78, 5) is 14.1. The quantitative estimate of drug-likeness (QED) is 0.591. The number of hydrogen-bond acceptors (Lipinski definition) is 2. The Morgan fingerprint density at radius 1 is 1.30 bits per heavy atom. The van der Waals surface area contributed by atoms with Crippen molar-refractivity contribution in [2.45, 2.75) is 25.7 Å². The van der Waals surface area contributed by atoms with Crippen molar-refractivity contribution in [1.82, 2.24) is 10.2 Å². The molecule has 0 radical (unpaired) electrons. The molecule has 1 N–H and O–H groups in total. The second-order valence-corrected chi connectivity index (χ2v) is 6.08. The molecule has 1 aromatic rings. The Bertz CT molecular complexity index is 468. The molecule has 126 valence electrons. The van der Waals surface area contributed by atoms with Gasteiger partial charge >= 0.3 is 6.03 Å². The largest absolute Gasteiger partial charge is 0.377 e. The van der Waals surface area contributed by atoms with Gasteiger partial charge in [-0.15, -0.1) is 6.58 Å². The fourth-order valence-corrected chi connectivity index (χ4v) is 2.87. The maximum absolute atomic E-state index is 12.1. The number of rotatable bonds is 8. The van der Waals surface area contributed by atoms with Gasteiger partial charge in [0.25, 0.3) is 0 Å². The van der Waals surface area contributed by atoms with Gasteiger partial charge < -0.3 is 15.0 Å². The fraction of sp³-hybridized carbons (Fsp3) is 0.526. The van der Waals surface area contributed by atoms with Gasteiger partial charge in [-0.25, -0.2) is 4.79 Å². The predicted molar refractivity (Wildman–Crippen MR) is 93.5 cm³/mol. The van der Waals surface area contributed by atoms with Gasteiger partial charge in [0.05, 0.1) is 6.61 Å². The number of urea groups is 1. The molecule has 0 unspecified atom stereocenters. The third-order valence-corrected chi connectivity index (χ3v) is 4.25. The highest BCUT2D eigenvalue weighted by Gasteiger charge is 2.22. The number of aryl methyl sites for hydroxylation is 1. The number of likely N-dealkylation sites (tertiary alicyclic amines) is 1. The van der Waals surface area contributed by atoms with Crippen LogP contribution < -0.4 is 5.32 Å². The van der Waals surface area contributed by atoms with Gasteiger partial charge in [0.1, 0.15) is 0 Å². The molecule has 1 saturated heterocycles. The lowest BCUT2D eigenvalue weighted by atomic mass is 9.98. The molecule has 1 aromatic carbocycles. The number of benzene rings is 1. The molecule has 0 aromatic heterocycles. The molecule has 0 atom stereocenters. The highest BCUT2D eigenvalue weighted by molar-refractivity contribution is 5.74. The second-order valence-electron chi connectivity index (χ2n) is 6.08. The lowest BCUT2D eigenvalue weighted by molar-refractivity contribution is 0.0886. The summed E-state index contributed by atoms with van der Waals surface area (Å²) >= 11 is 0. The lowest BCUT2D eigenvalue weighted by Crippen LogP contribution is -2.45. The monoisotopic (exact) mass is 316 g/mol. The van der Waals surface area contributed by atoms with Crippen molar-refractivity contribution in [1.29, 1.82) is 0 Å². The average molecular weight is 316 g/mol. The van der Waals surface area contributed by atoms with Crippen molar-refractivity contribution in [2.24, 2.45) is 5.92 Å². The number of nitrogens with one attached hydrogen (secondary N) is 1. The normalized spacial score (nSPS) is 15.4. The van der Waals surface area contributed by atoms with E-state index in [1.54, 1.807) is 6.08 Å². The van der Waals surface area contributed by atoms with Crippen LogP contribution in [0, 0.1) is 5.92 Å². The van der Waals surface area contributed by atoms with Crippen molar-refractivity contribution < 1.29 is 9.53 Å². The smallest absolute Gasteiger partial charge is 0.317 e. The minimum Gasteiger partial charge on any atom is -0.377 e.